The zero-order chi connectivity index (χ0) is 15.4. The van der Waals surface area contributed by atoms with E-state index >= 15 is 0 Å². The number of unbranched alkanes of at least 4 members (excludes halogenated alkanes) is 4. The van der Waals surface area contributed by atoms with Crippen LogP contribution < -0.4 is 4.89 Å². The van der Waals surface area contributed by atoms with Crippen LogP contribution in [0.25, 0.3) is 0 Å². The number of rotatable bonds is 13. The van der Waals surface area contributed by atoms with E-state index in [4.69, 9.17) is 4.52 Å². The Morgan fingerprint density at radius 2 is 1.65 bits per heavy atom. The highest BCUT2D eigenvalue weighted by Crippen LogP contribution is 2.42. The van der Waals surface area contributed by atoms with Crippen molar-refractivity contribution < 1.29 is 14.0 Å². The second kappa shape index (κ2) is 11.8. The third-order valence-corrected chi connectivity index (χ3v) is 5.47. The van der Waals surface area contributed by atoms with Crippen molar-refractivity contribution in [3.63, 3.8) is 0 Å². The van der Waals surface area contributed by atoms with Crippen LogP contribution in [-0.2, 0) is 9.09 Å². The van der Waals surface area contributed by atoms with Gasteiger partial charge in [-0.15, -0.1) is 0 Å². The fourth-order valence-electron chi connectivity index (χ4n) is 2.46. The molecule has 0 fully saturated rings. The summed E-state index contributed by atoms with van der Waals surface area (Å²) in [5.41, 5.74) is 0. The van der Waals surface area contributed by atoms with E-state index in [0.717, 1.165) is 38.5 Å². The standard InChI is InChI=1S/C16H35O3P/c1-5-8-10-11-12-15(4)19-20(17,18)14-16(7-3)13-9-6-2/h15-16H,5-14H2,1-4H3,(H,17,18)/p-1. The molecule has 0 spiro atoms. The van der Waals surface area contributed by atoms with Crippen LogP contribution in [0, 0.1) is 5.92 Å². The van der Waals surface area contributed by atoms with E-state index in [1.54, 1.807) is 0 Å². The molecule has 0 aromatic rings. The largest absolute Gasteiger partial charge is 0.778 e. The molecular weight excluding hydrogens is 271 g/mol. The van der Waals surface area contributed by atoms with Gasteiger partial charge in [-0.3, -0.25) is 0 Å². The third kappa shape index (κ3) is 10.9. The summed E-state index contributed by atoms with van der Waals surface area (Å²) in [5, 5.41) is 0. The van der Waals surface area contributed by atoms with E-state index in [-0.39, 0.29) is 18.2 Å². The molecule has 3 unspecified atom stereocenters. The Kier molecular flexibility index (Phi) is 11.9. The molecule has 0 aromatic carbocycles. The molecule has 0 aromatic heterocycles. The fourth-order valence-corrected chi connectivity index (χ4v) is 4.28. The van der Waals surface area contributed by atoms with Gasteiger partial charge in [-0.2, -0.15) is 0 Å². The van der Waals surface area contributed by atoms with E-state index in [9.17, 15) is 9.46 Å². The van der Waals surface area contributed by atoms with Crippen LogP contribution in [0.15, 0.2) is 0 Å². The Labute approximate surface area is 126 Å². The van der Waals surface area contributed by atoms with Crippen LogP contribution in [0.1, 0.15) is 85.5 Å². The quantitative estimate of drug-likeness (QED) is 0.350. The van der Waals surface area contributed by atoms with E-state index in [0.29, 0.717) is 0 Å². The van der Waals surface area contributed by atoms with Gasteiger partial charge in [0, 0.05) is 6.16 Å². The molecular formula is C16H34O3P-. The Bertz CT molecular complexity index is 268. The molecule has 0 heterocycles. The van der Waals surface area contributed by atoms with Crippen molar-refractivity contribution in [2.75, 3.05) is 6.16 Å². The first-order chi connectivity index (χ1) is 9.45. The van der Waals surface area contributed by atoms with Crippen LogP contribution in [0.2, 0.25) is 0 Å². The van der Waals surface area contributed by atoms with Crippen LogP contribution in [0.3, 0.4) is 0 Å². The van der Waals surface area contributed by atoms with Crippen molar-refractivity contribution >= 4 is 7.60 Å². The lowest BCUT2D eigenvalue weighted by atomic mass is 10.0. The van der Waals surface area contributed by atoms with Gasteiger partial charge < -0.3 is 14.0 Å². The Hall–Kier alpha value is 0.150. The summed E-state index contributed by atoms with van der Waals surface area (Å²) in [6.45, 7) is 8.25. The maximum atomic E-state index is 12.1. The van der Waals surface area contributed by atoms with Gasteiger partial charge in [0.1, 0.15) is 7.60 Å². The lowest BCUT2D eigenvalue weighted by molar-refractivity contribution is -0.202. The van der Waals surface area contributed by atoms with Crippen LogP contribution >= 0.6 is 7.60 Å². The highest BCUT2D eigenvalue weighted by molar-refractivity contribution is 7.51. The molecule has 0 aliphatic carbocycles. The van der Waals surface area contributed by atoms with Gasteiger partial charge in [0.15, 0.2) is 0 Å². The highest BCUT2D eigenvalue weighted by atomic mass is 31.2. The van der Waals surface area contributed by atoms with E-state index in [2.05, 4.69) is 20.8 Å². The number of hydrogen-bond donors (Lipinski definition) is 0. The van der Waals surface area contributed by atoms with Gasteiger partial charge >= 0.3 is 0 Å². The average Bonchev–Trinajstić information content (AvgIpc) is 2.39. The summed E-state index contributed by atoms with van der Waals surface area (Å²) in [5.74, 6) is 0.255. The number of hydrogen-bond acceptors (Lipinski definition) is 3. The first-order valence-electron chi connectivity index (χ1n) is 8.43. The molecule has 4 heteroatoms. The SMILES string of the molecule is CCCCCCC(C)OP(=O)([O-])CC(CC)CCCC. The van der Waals surface area contributed by atoms with Crippen LogP contribution in [0.4, 0.5) is 0 Å². The Balaban J connectivity index is 4.04. The van der Waals surface area contributed by atoms with Crippen molar-refractivity contribution in [3.05, 3.63) is 0 Å². The van der Waals surface area contributed by atoms with E-state index < -0.39 is 7.60 Å². The van der Waals surface area contributed by atoms with Crippen LogP contribution in [0.5, 0.6) is 0 Å². The van der Waals surface area contributed by atoms with Gasteiger partial charge in [0.25, 0.3) is 0 Å². The molecule has 0 amide bonds. The first-order valence-corrected chi connectivity index (χ1v) is 10.2. The average molecular weight is 305 g/mol. The van der Waals surface area contributed by atoms with Gasteiger partial charge in [-0.1, -0.05) is 65.7 Å². The Morgan fingerprint density at radius 3 is 2.20 bits per heavy atom. The van der Waals surface area contributed by atoms with Gasteiger partial charge in [-0.25, -0.2) is 0 Å². The minimum atomic E-state index is -3.67. The first kappa shape index (κ1) is 20.1. The van der Waals surface area contributed by atoms with Gasteiger partial charge in [0.2, 0.25) is 0 Å². The molecule has 3 atom stereocenters. The van der Waals surface area contributed by atoms with Gasteiger partial charge in [0.05, 0.1) is 6.10 Å². The summed E-state index contributed by atoms with van der Waals surface area (Å²) < 4.78 is 17.4. The summed E-state index contributed by atoms with van der Waals surface area (Å²) in [6.07, 6.45) is 9.66. The lowest BCUT2D eigenvalue weighted by Crippen LogP contribution is -2.19. The fraction of sp³-hybridized carbons (Fsp3) is 1.00. The second-order valence-corrected chi connectivity index (χ2v) is 7.77. The predicted octanol–water partition coefficient (Wildman–Crippen LogP) is 5.13. The monoisotopic (exact) mass is 305 g/mol. The smallest absolute Gasteiger partial charge is 0.135 e. The molecule has 0 N–H and O–H groups in total. The van der Waals surface area contributed by atoms with Crippen LogP contribution in [-0.4, -0.2) is 12.3 Å². The zero-order valence-electron chi connectivity index (χ0n) is 13.9. The second-order valence-electron chi connectivity index (χ2n) is 5.98. The summed E-state index contributed by atoms with van der Waals surface area (Å²) in [4.78, 5) is 12.1. The molecule has 0 aliphatic rings. The van der Waals surface area contributed by atoms with E-state index in [1.807, 2.05) is 6.92 Å². The Morgan fingerprint density at radius 1 is 1.00 bits per heavy atom. The molecule has 20 heavy (non-hydrogen) atoms. The zero-order valence-corrected chi connectivity index (χ0v) is 14.8. The van der Waals surface area contributed by atoms with Gasteiger partial charge in [-0.05, 0) is 25.7 Å². The molecule has 122 valence electrons. The van der Waals surface area contributed by atoms with Crippen molar-refractivity contribution in [2.45, 2.75) is 91.6 Å². The summed E-state index contributed by atoms with van der Waals surface area (Å²) >= 11 is 0. The highest BCUT2D eigenvalue weighted by Gasteiger charge is 2.18. The third-order valence-electron chi connectivity index (χ3n) is 3.83. The molecule has 0 saturated carbocycles. The minimum absolute atomic E-state index is 0.168. The molecule has 0 rings (SSSR count). The molecule has 0 bridgehead atoms. The van der Waals surface area contributed by atoms with Crippen molar-refractivity contribution in [1.82, 2.24) is 0 Å². The van der Waals surface area contributed by atoms with Crippen molar-refractivity contribution in [3.8, 4) is 0 Å². The topological polar surface area (TPSA) is 49.4 Å². The normalized spacial score (nSPS) is 17.6. The minimum Gasteiger partial charge on any atom is -0.778 e. The predicted molar refractivity (Wildman–Crippen MR) is 85.1 cm³/mol. The van der Waals surface area contributed by atoms with E-state index in [1.165, 1.54) is 19.3 Å². The van der Waals surface area contributed by atoms with Crippen molar-refractivity contribution in [2.24, 2.45) is 5.92 Å². The lowest BCUT2D eigenvalue weighted by Gasteiger charge is -2.30. The maximum absolute atomic E-state index is 12.1. The summed E-state index contributed by atoms with van der Waals surface area (Å²) in [6, 6.07) is 0. The molecule has 0 aliphatic heterocycles. The molecule has 3 nitrogen and oxygen atoms in total. The van der Waals surface area contributed by atoms with Crippen molar-refractivity contribution in [1.29, 1.82) is 0 Å². The summed E-state index contributed by atoms with van der Waals surface area (Å²) in [7, 11) is -3.67. The molecule has 0 saturated heterocycles. The maximum Gasteiger partial charge on any atom is 0.135 e. The molecule has 0 radical (unpaired) electrons.